The Hall–Kier alpha value is -3.15. The van der Waals surface area contributed by atoms with Gasteiger partial charge in [0.1, 0.15) is 6.26 Å². The number of nitrogens with one attached hydrogen (secondary N) is 1. The van der Waals surface area contributed by atoms with Crippen LogP contribution in [0, 0.1) is 0 Å². The van der Waals surface area contributed by atoms with Crippen LogP contribution >= 0.6 is 0 Å². The number of amides is 1. The summed E-state index contributed by atoms with van der Waals surface area (Å²) in [4.78, 5) is 28.3. The number of benzene rings is 1. The monoisotopic (exact) mass is 310 g/mol. The molecule has 1 amide bonds. The van der Waals surface area contributed by atoms with Crippen LogP contribution in [-0.4, -0.2) is 17.7 Å². The molecule has 3 aromatic rings. The summed E-state index contributed by atoms with van der Waals surface area (Å²) in [5.41, 5.74) is 1.44. The van der Waals surface area contributed by atoms with Gasteiger partial charge < -0.3 is 9.15 Å². The van der Waals surface area contributed by atoms with Gasteiger partial charge in [0.2, 0.25) is 11.1 Å². The van der Waals surface area contributed by atoms with Crippen LogP contribution in [0.15, 0.2) is 58.1 Å². The maximum atomic E-state index is 12.6. The van der Waals surface area contributed by atoms with Crippen molar-refractivity contribution in [1.82, 2.24) is 4.98 Å². The Kier molecular flexibility index (Phi) is 4.05. The van der Waals surface area contributed by atoms with Crippen molar-refractivity contribution in [2.75, 3.05) is 11.9 Å². The minimum absolute atomic E-state index is 0.211. The number of ether oxygens (including phenoxy) is 1. The molecule has 23 heavy (non-hydrogen) atoms. The lowest BCUT2D eigenvalue weighted by Crippen LogP contribution is -2.15. The van der Waals surface area contributed by atoms with Gasteiger partial charge in [-0.05, 0) is 25.1 Å². The average Bonchev–Trinajstić information content (AvgIpc) is 2.57. The zero-order valence-electron chi connectivity index (χ0n) is 12.4. The van der Waals surface area contributed by atoms with Crippen LogP contribution in [0.25, 0.3) is 22.2 Å². The van der Waals surface area contributed by atoms with Gasteiger partial charge >= 0.3 is 6.09 Å². The van der Waals surface area contributed by atoms with E-state index < -0.39 is 6.09 Å². The Balaban J connectivity index is 2.11. The summed E-state index contributed by atoms with van der Waals surface area (Å²) >= 11 is 0. The first-order valence-corrected chi connectivity index (χ1v) is 7.10. The molecule has 0 saturated heterocycles. The van der Waals surface area contributed by atoms with Crippen LogP contribution in [0.2, 0.25) is 0 Å². The number of para-hydroxylation sites is 1. The van der Waals surface area contributed by atoms with Gasteiger partial charge in [-0.2, -0.15) is 0 Å². The standard InChI is InChI=1S/C17H14N2O4/c1-2-22-17(21)19-14-8-4-3-6-11(14)13-10-23-16-12(15(13)20)7-5-9-18-16/h3-10H,2H2,1H3,(H,19,21). The number of fused-ring (bicyclic) bond motifs is 1. The molecular weight excluding hydrogens is 296 g/mol. The summed E-state index contributed by atoms with van der Waals surface area (Å²) in [6, 6.07) is 10.3. The summed E-state index contributed by atoms with van der Waals surface area (Å²) in [5, 5.41) is 3.01. The van der Waals surface area contributed by atoms with Gasteiger partial charge in [-0.15, -0.1) is 0 Å². The third kappa shape index (κ3) is 2.91. The number of hydrogen-bond donors (Lipinski definition) is 1. The van der Waals surface area contributed by atoms with Crippen LogP contribution in [-0.2, 0) is 4.74 Å². The van der Waals surface area contributed by atoms with E-state index in [9.17, 15) is 9.59 Å². The molecule has 2 heterocycles. The van der Waals surface area contributed by atoms with Crippen LogP contribution in [0.4, 0.5) is 10.5 Å². The zero-order chi connectivity index (χ0) is 16.2. The first-order chi connectivity index (χ1) is 11.2. The van der Waals surface area contributed by atoms with Crippen molar-refractivity contribution in [1.29, 1.82) is 0 Å². The van der Waals surface area contributed by atoms with Crippen molar-refractivity contribution >= 4 is 22.9 Å². The number of anilines is 1. The highest BCUT2D eigenvalue weighted by Gasteiger charge is 2.14. The number of pyridine rings is 1. The Morgan fingerprint density at radius 3 is 2.87 bits per heavy atom. The Morgan fingerprint density at radius 2 is 2.04 bits per heavy atom. The molecule has 0 fully saturated rings. The first kappa shape index (κ1) is 14.8. The average molecular weight is 310 g/mol. The van der Waals surface area contributed by atoms with Gasteiger partial charge in [-0.3, -0.25) is 10.1 Å². The molecule has 1 aromatic carbocycles. The molecule has 0 unspecified atom stereocenters. The quantitative estimate of drug-likeness (QED) is 0.801. The van der Waals surface area contributed by atoms with Crippen molar-refractivity contribution in [2.45, 2.75) is 6.92 Å². The predicted molar refractivity (Wildman–Crippen MR) is 86.4 cm³/mol. The van der Waals surface area contributed by atoms with E-state index in [4.69, 9.17) is 9.15 Å². The highest BCUT2D eigenvalue weighted by molar-refractivity contribution is 5.92. The van der Waals surface area contributed by atoms with Crippen molar-refractivity contribution in [2.24, 2.45) is 0 Å². The molecule has 1 N–H and O–H groups in total. The van der Waals surface area contributed by atoms with E-state index in [1.54, 1.807) is 49.5 Å². The van der Waals surface area contributed by atoms with E-state index in [0.29, 0.717) is 22.2 Å². The number of carbonyl (C=O) groups is 1. The van der Waals surface area contributed by atoms with E-state index in [0.717, 1.165) is 0 Å². The van der Waals surface area contributed by atoms with Gasteiger partial charge in [0.15, 0.2) is 0 Å². The maximum Gasteiger partial charge on any atom is 0.411 e. The molecule has 0 radical (unpaired) electrons. The second-order valence-electron chi connectivity index (χ2n) is 4.73. The molecule has 3 rings (SSSR count). The van der Waals surface area contributed by atoms with Gasteiger partial charge in [-0.1, -0.05) is 18.2 Å². The fourth-order valence-corrected chi connectivity index (χ4v) is 2.26. The topological polar surface area (TPSA) is 81.4 Å². The van der Waals surface area contributed by atoms with Gasteiger partial charge in [0.05, 0.1) is 23.2 Å². The van der Waals surface area contributed by atoms with Crippen LogP contribution in [0.5, 0.6) is 0 Å². The zero-order valence-corrected chi connectivity index (χ0v) is 12.4. The minimum Gasteiger partial charge on any atom is -0.450 e. The van der Waals surface area contributed by atoms with Crippen LogP contribution in [0.3, 0.4) is 0 Å². The highest BCUT2D eigenvalue weighted by atomic mass is 16.5. The van der Waals surface area contributed by atoms with Gasteiger partial charge in [0, 0.05) is 11.8 Å². The second-order valence-corrected chi connectivity index (χ2v) is 4.73. The molecule has 0 bridgehead atoms. The SMILES string of the molecule is CCOC(=O)Nc1ccccc1-c1coc2ncccc2c1=O. The molecule has 0 saturated carbocycles. The lowest BCUT2D eigenvalue weighted by Gasteiger charge is -2.10. The predicted octanol–water partition coefficient (Wildman–Crippen LogP) is 3.42. The van der Waals surface area contributed by atoms with Gasteiger partial charge in [-0.25, -0.2) is 9.78 Å². The third-order valence-corrected chi connectivity index (χ3v) is 3.28. The smallest absolute Gasteiger partial charge is 0.411 e. The maximum absolute atomic E-state index is 12.6. The molecule has 0 aliphatic heterocycles. The number of rotatable bonds is 3. The Bertz CT molecular complexity index is 918. The lowest BCUT2D eigenvalue weighted by atomic mass is 10.0. The van der Waals surface area contributed by atoms with Crippen molar-refractivity contribution in [3.63, 3.8) is 0 Å². The summed E-state index contributed by atoms with van der Waals surface area (Å²) in [7, 11) is 0. The normalized spacial score (nSPS) is 10.5. The molecule has 0 atom stereocenters. The molecule has 6 heteroatoms. The first-order valence-electron chi connectivity index (χ1n) is 7.10. The van der Waals surface area contributed by atoms with Crippen LogP contribution in [0.1, 0.15) is 6.92 Å². The summed E-state index contributed by atoms with van der Waals surface area (Å²) in [6.45, 7) is 1.98. The number of carbonyl (C=O) groups excluding carboxylic acids is 1. The summed E-state index contributed by atoms with van der Waals surface area (Å²) in [6.07, 6.45) is 2.33. The lowest BCUT2D eigenvalue weighted by molar-refractivity contribution is 0.168. The number of hydrogen-bond acceptors (Lipinski definition) is 5. The van der Waals surface area contributed by atoms with Crippen molar-refractivity contribution in [3.05, 3.63) is 59.1 Å². The highest BCUT2D eigenvalue weighted by Crippen LogP contribution is 2.26. The Labute approximate surface area is 131 Å². The van der Waals surface area contributed by atoms with E-state index >= 15 is 0 Å². The molecule has 6 nitrogen and oxygen atoms in total. The molecule has 0 spiro atoms. The molecule has 0 aliphatic carbocycles. The van der Waals surface area contributed by atoms with Crippen molar-refractivity contribution in [3.8, 4) is 11.1 Å². The minimum atomic E-state index is -0.577. The second kappa shape index (κ2) is 6.31. The fraction of sp³-hybridized carbons (Fsp3) is 0.118. The van der Waals surface area contributed by atoms with Crippen LogP contribution < -0.4 is 10.7 Å². The summed E-state index contributed by atoms with van der Waals surface area (Å²) < 4.78 is 10.3. The van der Waals surface area contributed by atoms with E-state index in [1.165, 1.54) is 6.26 Å². The van der Waals surface area contributed by atoms with E-state index in [2.05, 4.69) is 10.3 Å². The third-order valence-electron chi connectivity index (χ3n) is 3.28. The number of nitrogens with zero attached hydrogens (tertiary/aromatic N) is 1. The summed E-state index contributed by atoms with van der Waals surface area (Å²) in [5.74, 6) is 0. The molecular formula is C17H14N2O4. The van der Waals surface area contributed by atoms with Crippen molar-refractivity contribution < 1.29 is 13.9 Å². The fourth-order valence-electron chi connectivity index (χ4n) is 2.26. The molecule has 116 valence electrons. The number of aromatic nitrogens is 1. The largest absolute Gasteiger partial charge is 0.450 e. The van der Waals surface area contributed by atoms with E-state index in [1.807, 2.05) is 0 Å². The molecule has 0 aliphatic rings. The molecule has 2 aromatic heterocycles. The Morgan fingerprint density at radius 1 is 1.22 bits per heavy atom. The van der Waals surface area contributed by atoms with Gasteiger partial charge in [0.25, 0.3) is 0 Å². The van der Waals surface area contributed by atoms with E-state index in [-0.39, 0.29) is 17.7 Å².